The first-order valence-corrected chi connectivity index (χ1v) is 14.6. The standard InChI is InChI=1S/C33H39F4N3O4/c1-20-10-13-24(17-27(20)33(35,36)37)39-31(41)26-8-6-16-40(32(42)29-21(2)7-5-9-28(29)34)30(26)22-11-14-23(15-12-22)38-25(18-43-3)19-44-4/h5,7,9-11,13-15,17,22,25-26,30,38H,6,8,12,16,18-19H2,1-4H3,(H,39,41)/t22?,26-,30-/m0/s1. The molecule has 1 unspecified atom stereocenters. The summed E-state index contributed by atoms with van der Waals surface area (Å²) in [5, 5.41) is 6.04. The van der Waals surface area contributed by atoms with Crippen LogP contribution in [-0.2, 0) is 20.4 Å². The molecule has 2 aromatic rings. The molecular formula is C33H39F4N3O4. The Bertz CT molecular complexity index is 1380. The average Bonchev–Trinajstić information content (AvgIpc) is 2.97. The molecule has 1 saturated heterocycles. The second-order valence-electron chi connectivity index (χ2n) is 11.4. The number of allylic oxidation sites excluding steroid dienone is 2. The molecule has 2 aliphatic rings. The molecule has 238 valence electrons. The van der Waals surface area contributed by atoms with Gasteiger partial charge >= 0.3 is 6.18 Å². The van der Waals surface area contributed by atoms with E-state index in [-0.39, 0.29) is 28.8 Å². The third-order valence-electron chi connectivity index (χ3n) is 8.21. The molecule has 3 atom stereocenters. The molecule has 0 spiro atoms. The third kappa shape index (κ3) is 7.68. The van der Waals surface area contributed by atoms with Crippen molar-refractivity contribution in [1.82, 2.24) is 10.2 Å². The van der Waals surface area contributed by atoms with Crippen LogP contribution in [0.25, 0.3) is 0 Å². The SMILES string of the molecule is COCC(COC)NC1=CCC([C@H]2[C@@H](C(=O)Nc3ccc(C)c(C(F)(F)F)c3)CCCN2C(=O)c2c(C)cccc2F)C=C1. The number of halogens is 4. The Morgan fingerprint density at radius 3 is 2.41 bits per heavy atom. The topological polar surface area (TPSA) is 79.9 Å². The van der Waals surface area contributed by atoms with E-state index in [1.54, 1.807) is 32.1 Å². The van der Waals surface area contributed by atoms with Crippen LogP contribution in [0.1, 0.15) is 46.3 Å². The van der Waals surface area contributed by atoms with Crippen molar-refractivity contribution in [3.63, 3.8) is 0 Å². The number of amides is 2. The number of aryl methyl sites for hydroxylation is 2. The molecule has 1 aliphatic heterocycles. The number of benzene rings is 2. The molecule has 2 N–H and O–H groups in total. The molecule has 0 aromatic heterocycles. The Kier molecular flexibility index (Phi) is 10.9. The summed E-state index contributed by atoms with van der Waals surface area (Å²) in [5.41, 5.74) is 0.499. The van der Waals surface area contributed by atoms with Crippen molar-refractivity contribution >= 4 is 17.5 Å². The molecule has 2 aromatic carbocycles. The van der Waals surface area contributed by atoms with Crippen LogP contribution < -0.4 is 10.6 Å². The summed E-state index contributed by atoms with van der Waals surface area (Å²) < 4.78 is 66.2. The third-order valence-corrected chi connectivity index (χ3v) is 8.21. The Hall–Kier alpha value is -3.70. The maximum absolute atomic E-state index is 15.0. The van der Waals surface area contributed by atoms with Crippen molar-refractivity contribution in [3.05, 3.63) is 88.4 Å². The van der Waals surface area contributed by atoms with Crippen LogP contribution in [0.2, 0.25) is 0 Å². The first kappa shape index (κ1) is 33.2. The highest BCUT2D eigenvalue weighted by Crippen LogP contribution is 2.37. The summed E-state index contributed by atoms with van der Waals surface area (Å²) in [5.74, 6) is -2.70. The monoisotopic (exact) mass is 617 g/mol. The van der Waals surface area contributed by atoms with E-state index in [1.165, 1.54) is 31.2 Å². The number of carbonyl (C=O) groups is 2. The Morgan fingerprint density at radius 1 is 1.07 bits per heavy atom. The van der Waals surface area contributed by atoms with Crippen LogP contribution in [-0.4, -0.2) is 62.8 Å². The van der Waals surface area contributed by atoms with E-state index >= 15 is 0 Å². The molecule has 4 rings (SSSR count). The number of anilines is 1. The minimum Gasteiger partial charge on any atom is -0.382 e. The summed E-state index contributed by atoms with van der Waals surface area (Å²) in [6, 6.07) is 7.35. The van der Waals surface area contributed by atoms with Crippen LogP contribution >= 0.6 is 0 Å². The number of piperidine rings is 1. The van der Waals surface area contributed by atoms with Gasteiger partial charge in [0, 0.05) is 38.1 Å². The maximum Gasteiger partial charge on any atom is 0.416 e. The molecular weight excluding hydrogens is 578 g/mol. The number of rotatable bonds is 10. The van der Waals surface area contributed by atoms with Crippen LogP contribution in [0.15, 0.2) is 60.3 Å². The van der Waals surface area contributed by atoms with Crippen molar-refractivity contribution in [2.75, 3.05) is 39.3 Å². The Balaban J connectivity index is 1.64. The summed E-state index contributed by atoms with van der Waals surface area (Å²) in [4.78, 5) is 29.3. The minimum absolute atomic E-state index is 0.0213. The van der Waals surface area contributed by atoms with Crippen LogP contribution in [0, 0.1) is 31.5 Å². The molecule has 11 heteroatoms. The lowest BCUT2D eigenvalue weighted by Gasteiger charge is -2.44. The van der Waals surface area contributed by atoms with Gasteiger partial charge in [-0.05, 0) is 68.5 Å². The predicted molar refractivity (Wildman–Crippen MR) is 160 cm³/mol. The summed E-state index contributed by atoms with van der Waals surface area (Å²) in [6.45, 7) is 4.18. The fourth-order valence-corrected chi connectivity index (χ4v) is 6.12. The zero-order chi connectivity index (χ0) is 32.0. The van der Waals surface area contributed by atoms with E-state index in [0.717, 1.165) is 11.8 Å². The van der Waals surface area contributed by atoms with Gasteiger partial charge in [-0.3, -0.25) is 9.59 Å². The first-order chi connectivity index (χ1) is 20.9. The fourth-order valence-electron chi connectivity index (χ4n) is 6.12. The molecule has 0 saturated carbocycles. The van der Waals surface area contributed by atoms with Crippen molar-refractivity contribution in [3.8, 4) is 0 Å². The van der Waals surface area contributed by atoms with Gasteiger partial charge in [0.1, 0.15) is 5.82 Å². The largest absolute Gasteiger partial charge is 0.416 e. The van der Waals surface area contributed by atoms with E-state index in [9.17, 15) is 27.2 Å². The van der Waals surface area contributed by atoms with Gasteiger partial charge in [0.05, 0.1) is 42.3 Å². The smallest absolute Gasteiger partial charge is 0.382 e. The highest BCUT2D eigenvalue weighted by Gasteiger charge is 2.43. The number of likely N-dealkylation sites (tertiary alicyclic amines) is 1. The number of hydrogen-bond donors (Lipinski definition) is 2. The number of methoxy groups -OCH3 is 2. The van der Waals surface area contributed by atoms with Gasteiger partial charge < -0.3 is 25.0 Å². The average molecular weight is 618 g/mol. The lowest BCUT2D eigenvalue weighted by atomic mass is 9.77. The molecule has 1 fully saturated rings. The predicted octanol–water partition coefficient (Wildman–Crippen LogP) is 6.03. The van der Waals surface area contributed by atoms with Crippen molar-refractivity contribution in [2.24, 2.45) is 11.8 Å². The lowest BCUT2D eigenvalue weighted by Crippen LogP contribution is -2.55. The van der Waals surface area contributed by atoms with E-state index in [0.29, 0.717) is 44.6 Å². The normalized spacial score (nSPS) is 20.4. The number of ether oxygens (including phenoxy) is 2. The van der Waals surface area contributed by atoms with Crippen LogP contribution in [0.3, 0.4) is 0 Å². The zero-order valence-electron chi connectivity index (χ0n) is 25.3. The number of carbonyl (C=O) groups excluding carboxylic acids is 2. The van der Waals surface area contributed by atoms with E-state index in [1.807, 2.05) is 18.2 Å². The minimum atomic E-state index is -4.57. The number of nitrogens with one attached hydrogen (secondary N) is 2. The second kappa shape index (κ2) is 14.4. The second-order valence-corrected chi connectivity index (χ2v) is 11.4. The first-order valence-electron chi connectivity index (χ1n) is 14.6. The van der Waals surface area contributed by atoms with E-state index in [4.69, 9.17) is 9.47 Å². The highest BCUT2D eigenvalue weighted by molar-refractivity contribution is 5.98. The maximum atomic E-state index is 15.0. The highest BCUT2D eigenvalue weighted by atomic mass is 19.4. The van der Waals surface area contributed by atoms with E-state index < -0.39 is 41.3 Å². The van der Waals surface area contributed by atoms with Gasteiger partial charge in [0.2, 0.25) is 5.91 Å². The quantitative estimate of drug-likeness (QED) is 0.319. The lowest BCUT2D eigenvalue weighted by molar-refractivity contribution is -0.138. The summed E-state index contributed by atoms with van der Waals surface area (Å²) >= 11 is 0. The van der Waals surface area contributed by atoms with Gasteiger partial charge in [0.15, 0.2) is 0 Å². The van der Waals surface area contributed by atoms with Gasteiger partial charge in [-0.2, -0.15) is 13.2 Å². The molecule has 44 heavy (non-hydrogen) atoms. The van der Waals surface area contributed by atoms with Crippen molar-refractivity contribution in [2.45, 2.75) is 51.4 Å². The number of alkyl halides is 3. The molecule has 2 amide bonds. The number of nitrogens with zero attached hydrogens (tertiary/aromatic N) is 1. The number of hydrogen-bond acceptors (Lipinski definition) is 5. The van der Waals surface area contributed by atoms with Gasteiger partial charge in [-0.1, -0.05) is 30.4 Å². The molecule has 0 bridgehead atoms. The van der Waals surface area contributed by atoms with Crippen molar-refractivity contribution < 1.29 is 36.6 Å². The zero-order valence-corrected chi connectivity index (χ0v) is 25.3. The Morgan fingerprint density at radius 2 is 1.80 bits per heavy atom. The molecule has 1 heterocycles. The van der Waals surface area contributed by atoms with Crippen molar-refractivity contribution in [1.29, 1.82) is 0 Å². The fraction of sp³-hybridized carbons (Fsp3) is 0.455. The van der Waals surface area contributed by atoms with E-state index in [2.05, 4.69) is 10.6 Å². The van der Waals surface area contributed by atoms with Crippen LogP contribution in [0.5, 0.6) is 0 Å². The van der Waals surface area contributed by atoms with Gasteiger partial charge in [-0.25, -0.2) is 4.39 Å². The Labute approximate surface area is 255 Å². The summed E-state index contributed by atoms with van der Waals surface area (Å²) in [6.07, 6.45) is 2.57. The molecule has 7 nitrogen and oxygen atoms in total. The van der Waals surface area contributed by atoms with Crippen LogP contribution in [0.4, 0.5) is 23.2 Å². The van der Waals surface area contributed by atoms with Gasteiger partial charge in [-0.15, -0.1) is 0 Å². The van der Waals surface area contributed by atoms with Gasteiger partial charge in [0.25, 0.3) is 5.91 Å². The molecule has 1 aliphatic carbocycles. The molecule has 0 radical (unpaired) electrons. The summed E-state index contributed by atoms with van der Waals surface area (Å²) in [7, 11) is 3.20.